The van der Waals surface area contributed by atoms with Crippen LogP contribution in [-0.2, 0) is 16.2 Å². The first-order chi connectivity index (χ1) is 16.7. The molecule has 1 aliphatic heterocycles. The Labute approximate surface area is 223 Å². The van der Waals surface area contributed by atoms with Gasteiger partial charge in [0.1, 0.15) is 23.7 Å². The van der Waals surface area contributed by atoms with Gasteiger partial charge in [0.2, 0.25) is 0 Å². The van der Waals surface area contributed by atoms with Gasteiger partial charge in [-0.25, -0.2) is 14.1 Å². The Morgan fingerprint density at radius 1 is 1.06 bits per heavy atom. The van der Waals surface area contributed by atoms with Crippen LogP contribution in [0.3, 0.4) is 0 Å². The number of amides is 4. The van der Waals surface area contributed by atoms with Crippen molar-refractivity contribution in [3.8, 4) is 5.75 Å². The van der Waals surface area contributed by atoms with Crippen LogP contribution in [0.1, 0.15) is 22.3 Å². The van der Waals surface area contributed by atoms with Gasteiger partial charge in [0.25, 0.3) is 11.8 Å². The molecule has 178 valence electrons. The number of barbiturate groups is 1. The lowest BCUT2D eigenvalue weighted by molar-refractivity contribution is -0.122. The Bertz CT molecular complexity index is 1380. The Hall–Kier alpha value is -3.05. The third-order valence-electron chi connectivity index (χ3n) is 5.51. The molecule has 0 bridgehead atoms. The maximum absolute atomic E-state index is 13.9. The van der Waals surface area contributed by atoms with Crippen LogP contribution in [0.2, 0.25) is 0 Å². The van der Waals surface area contributed by atoms with Crippen molar-refractivity contribution in [2.24, 2.45) is 0 Å². The molecule has 4 rings (SSSR count). The molecule has 1 aliphatic rings. The molecule has 0 aromatic heterocycles. The van der Waals surface area contributed by atoms with Gasteiger partial charge in [-0.2, -0.15) is 0 Å². The summed E-state index contributed by atoms with van der Waals surface area (Å²) in [5.74, 6) is -1.34. The van der Waals surface area contributed by atoms with Crippen molar-refractivity contribution >= 4 is 68.1 Å². The Balaban J connectivity index is 1.62. The summed E-state index contributed by atoms with van der Waals surface area (Å²) in [4.78, 5) is 39.1. The van der Waals surface area contributed by atoms with Crippen LogP contribution in [0.25, 0.3) is 6.08 Å². The van der Waals surface area contributed by atoms with Gasteiger partial charge in [0, 0.05) is 5.56 Å². The fourth-order valence-electron chi connectivity index (χ4n) is 3.49. The minimum atomic E-state index is -0.798. The third kappa shape index (κ3) is 5.30. The highest BCUT2D eigenvalue weighted by Gasteiger charge is 2.37. The molecule has 3 aromatic carbocycles. The number of ether oxygens (including phenoxy) is 1. The molecule has 9 heteroatoms. The fraction of sp³-hybridized carbons (Fsp3) is 0.115. The second-order valence-electron chi connectivity index (χ2n) is 7.92. The zero-order chi connectivity index (χ0) is 25.3. The predicted octanol–water partition coefficient (Wildman–Crippen LogP) is 6.06. The fourth-order valence-corrected chi connectivity index (χ4v) is 5.26. The van der Waals surface area contributed by atoms with E-state index in [1.165, 1.54) is 12.1 Å². The number of anilines is 1. The summed E-state index contributed by atoms with van der Waals surface area (Å²) in [7, 11) is 0. The zero-order valence-electron chi connectivity index (χ0n) is 18.7. The molecule has 1 heterocycles. The van der Waals surface area contributed by atoms with E-state index >= 15 is 0 Å². The van der Waals surface area contributed by atoms with E-state index in [0.29, 0.717) is 30.6 Å². The number of carbonyl (C=O) groups excluding carboxylic acids is 3. The molecule has 0 saturated carbocycles. The van der Waals surface area contributed by atoms with E-state index in [2.05, 4.69) is 43.8 Å². The lowest BCUT2D eigenvalue weighted by Crippen LogP contribution is -2.54. The third-order valence-corrected chi connectivity index (χ3v) is 6.90. The van der Waals surface area contributed by atoms with E-state index in [4.69, 9.17) is 4.74 Å². The van der Waals surface area contributed by atoms with Gasteiger partial charge in [-0.05, 0) is 105 Å². The van der Waals surface area contributed by atoms with Gasteiger partial charge in [-0.1, -0.05) is 24.3 Å². The Kier molecular flexibility index (Phi) is 7.36. The lowest BCUT2D eigenvalue weighted by atomic mass is 10.0. The summed E-state index contributed by atoms with van der Waals surface area (Å²) in [6.45, 7) is 3.84. The standard InChI is InChI=1S/C26H19BrFIN2O4/c1-14-7-8-18(9-15(14)2)31-25(33)19(24(32)30-26(31)34)10-16-11-20(27)23(22(29)12-16)35-13-17-5-3-4-6-21(17)28/h3-12H,13H2,1-2H3,(H,30,32,34)/b19-10+. The number of carbonyl (C=O) groups is 3. The van der Waals surface area contributed by atoms with Gasteiger partial charge in [0.15, 0.2) is 0 Å². The average molecular weight is 649 g/mol. The highest BCUT2D eigenvalue weighted by Crippen LogP contribution is 2.34. The van der Waals surface area contributed by atoms with Crippen LogP contribution >= 0.6 is 38.5 Å². The number of hydrogen-bond donors (Lipinski definition) is 1. The molecule has 0 unspecified atom stereocenters. The molecule has 0 aliphatic carbocycles. The number of benzene rings is 3. The van der Waals surface area contributed by atoms with Crippen LogP contribution in [-0.4, -0.2) is 17.8 Å². The molecule has 6 nitrogen and oxygen atoms in total. The number of aryl methyl sites for hydroxylation is 2. The van der Waals surface area contributed by atoms with Crippen LogP contribution in [0.5, 0.6) is 5.75 Å². The number of nitrogens with zero attached hydrogens (tertiary/aromatic N) is 1. The number of nitrogens with one attached hydrogen (secondary N) is 1. The second kappa shape index (κ2) is 10.3. The first-order valence-electron chi connectivity index (χ1n) is 10.5. The minimum Gasteiger partial charge on any atom is -0.486 e. The van der Waals surface area contributed by atoms with E-state index < -0.39 is 17.8 Å². The largest absolute Gasteiger partial charge is 0.486 e. The summed E-state index contributed by atoms with van der Waals surface area (Å²) in [5, 5.41) is 2.23. The molecule has 3 aromatic rings. The molecule has 0 spiro atoms. The zero-order valence-corrected chi connectivity index (χ0v) is 22.4. The summed E-state index contributed by atoms with van der Waals surface area (Å²) < 4.78 is 21.0. The average Bonchev–Trinajstić information content (AvgIpc) is 2.79. The smallest absolute Gasteiger partial charge is 0.335 e. The van der Waals surface area contributed by atoms with Crippen LogP contribution in [0.15, 0.2) is 64.6 Å². The number of rotatable bonds is 5. The number of halogens is 3. The van der Waals surface area contributed by atoms with E-state index in [1.807, 2.05) is 19.9 Å². The molecule has 4 amide bonds. The molecule has 1 N–H and O–H groups in total. The normalized spacial score (nSPS) is 14.9. The van der Waals surface area contributed by atoms with Crippen LogP contribution in [0, 0.1) is 23.2 Å². The molecular weight excluding hydrogens is 630 g/mol. The summed E-state index contributed by atoms with van der Waals surface area (Å²) in [5.41, 5.74) is 3.10. The van der Waals surface area contributed by atoms with Crippen molar-refractivity contribution in [3.63, 3.8) is 0 Å². The van der Waals surface area contributed by atoms with Gasteiger partial charge in [-0.15, -0.1) is 0 Å². The minimum absolute atomic E-state index is 0.0373. The summed E-state index contributed by atoms with van der Waals surface area (Å²) in [6, 6.07) is 14.2. The second-order valence-corrected chi connectivity index (χ2v) is 9.94. The first-order valence-corrected chi connectivity index (χ1v) is 12.4. The van der Waals surface area contributed by atoms with Crippen molar-refractivity contribution in [2.45, 2.75) is 20.5 Å². The maximum atomic E-state index is 13.9. The number of hydrogen-bond acceptors (Lipinski definition) is 4. The lowest BCUT2D eigenvalue weighted by Gasteiger charge is -2.27. The Morgan fingerprint density at radius 3 is 2.49 bits per heavy atom. The highest BCUT2D eigenvalue weighted by atomic mass is 127. The van der Waals surface area contributed by atoms with Crippen molar-refractivity contribution in [2.75, 3.05) is 4.90 Å². The Morgan fingerprint density at radius 2 is 1.80 bits per heavy atom. The van der Waals surface area contributed by atoms with Gasteiger partial charge < -0.3 is 4.74 Å². The van der Waals surface area contributed by atoms with Crippen LogP contribution < -0.4 is 15.0 Å². The molecule has 0 atom stereocenters. The van der Waals surface area contributed by atoms with Crippen molar-refractivity contribution < 1.29 is 23.5 Å². The highest BCUT2D eigenvalue weighted by molar-refractivity contribution is 14.1. The van der Waals surface area contributed by atoms with Crippen LogP contribution in [0.4, 0.5) is 14.9 Å². The topological polar surface area (TPSA) is 75.7 Å². The monoisotopic (exact) mass is 648 g/mol. The van der Waals surface area contributed by atoms with E-state index in [-0.39, 0.29) is 18.0 Å². The first kappa shape index (κ1) is 25.1. The van der Waals surface area contributed by atoms with E-state index in [1.54, 1.807) is 42.5 Å². The molecule has 35 heavy (non-hydrogen) atoms. The molecule has 1 fully saturated rings. The number of imide groups is 2. The molecule has 1 saturated heterocycles. The SMILES string of the molecule is Cc1ccc(N2C(=O)NC(=O)/C(=C\c3cc(Br)c(OCc4ccccc4F)c(I)c3)C2=O)cc1C. The van der Waals surface area contributed by atoms with E-state index in [9.17, 15) is 18.8 Å². The van der Waals surface area contributed by atoms with Gasteiger partial charge in [-0.3, -0.25) is 14.9 Å². The summed E-state index contributed by atoms with van der Waals surface area (Å²) >= 11 is 5.52. The number of urea groups is 1. The maximum Gasteiger partial charge on any atom is 0.335 e. The van der Waals surface area contributed by atoms with Gasteiger partial charge >= 0.3 is 6.03 Å². The van der Waals surface area contributed by atoms with E-state index in [0.717, 1.165) is 16.0 Å². The van der Waals surface area contributed by atoms with Crippen molar-refractivity contribution in [3.05, 3.63) is 96.3 Å². The van der Waals surface area contributed by atoms with Crippen molar-refractivity contribution in [1.29, 1.82) is 0 Å². The molecule has 0 radical (unpaired) electrons. The molecular formula is C26H19BrFIN2O4. The summed E-state index contributed by atoms with van der Waals surface area (Å²) in [6.07, 6.45) is 1.42. The quantitative estimate of drug-likeness (QED) is 0.208. The van der Waals surface area contributed by atoms with Crippen molar-refractivity contribution in [1.82, 2.24) is 5.32 Å². The predicted molar refractivity (Wildman–Crippen MR) is 143 cm³/mol. The van der Waals surface area contributed by atoms with Gasteiger partial charge in [0.05, 0.1) is 13.7 Å².